The second-order valence-corrected chi connectivity index (χ2v) is 7.42. The van der Waals surface area contributed by atoms with Crippen LogP contribution < -0.4 is 9.47 Å². The molecule has 4 rings (SSSR count). The summed E-state index contributed by atoms with van der Waals surface area (Å²) in [7, 11) is 1.50. The summed E-state index contributed by atoms with van der Waals surface area (Å²) in [5, 5.41) is 13.2. The van der Waals surface area contributed by atoms with Gasteiger partial charge in [0.1, 0.15) is 0 Å². The molecule has 0 aliphatic rings. The molecule has 0 saturated heterocycles. The summed E-state index contributed by atoms with van der Waals surface area (Å²) in [5.74, 6) is 0.0690. The van der Waals surface area contributed by atoms with Gasteiger partial charge in [0.25, 0.3) is 5.69 Å². The van der Waals surface area contributed by atoms with Crippen molar-refractivity contribution < 1.29 is 19.2 Å². The van der Waals surface area contributed by atoms with Crippen LogP contribution in [0, 0.1) is 10.1 Å². The van der Waals surface area contributed by atoms with Gasteiger partial charge in [-0.25, -0.2) is 4.79 Å². The lowest BCUT2D eigenvalue weighted by atomic mass is 10.0. The highest BCUT2D eigenvalue weighted by Crippen LogP contribution is 2.29. The van der Waals surface area contributed by atoms with Gasteiger partial charge in [0.05, 0.1) is 12.0 Å². The van der Waals surface area contributed by atoms with Crippen LogP contribution in [-0.4, -0.2) is 18.0 Å². The topological polar surface area (TPSA) is 78.7 Å². The first-order chi connectivity index (χ1) is 16.5. The van der Waals surface area contributed by atoms with E-state index in [-0.39, 0.29) is 11.4 Å². The summed E-state index contributed by atoms with van der Waals surface area (Å²) in [5.41, 5.74) is 2.45. The number of hydrogen-bond acceptors (Lipinski definition) is 5. The zero-order chi connectivity index (χ0) is 23.9. The number of esters is 1. The molecule has 168 valence electrons. The molecule has 4 aromatic carbocycles. The van der Waals surface area contributed by atoms with Gasteiger partial charge >= 0.3 is 5.97 Å². The molecule has 34 heavy (non-hydrogen) atoms. The molecule has 0 atom stereocenters. The highest BCUT2D eigenvalue weighted by molar-refractivity contribution is 5.93. The maximum Gasteiger partial charge on any atom is 0.336 e. The fraction of sp³-hybridized carbons (Fsp3) is 0.0357. The monoisotopic (exact) mass is 451 g/mol. The highest BCUT2D eigenvalue weighted by Gasteiger charge is 2.09. The van der Waals surface area contributed by atoms with Crippen molar-refractivity contribution in [3.63, 3.8) is 0 Å². The SMILES string of the molecule is COc1cc(/C=C/c2cccc3ccccc23)ccc1OC(=O)/C=C/c1cccc([N+](=O)[O-])c1. The summed E-state index contributed by atoms with van der Waals surface area (Å²) >= 11 is 0. The Kier molecular flexibility index (Phi) is 6.79. The van der Waals surface area contributed by atoms with E-state index in [0.29, 0.717) is 11.3 Å². The molecule has 4 aromatic rings. The summed E-state index contributed by atoms with van der Waals surface area (Å²) in [6.07, 6.45) is 6.68. The summed E-state index contributed by atoms with van der Waals surface area (Å²) < 4.78 is 10.8. The van der Waals surface area contributed by atoms with Crippen molar-refractivity contribution >= 4 is 40.7 Å². The molecular formula is C28H21NO5. The number of nitrogens with zero attached hydrogens (tertiary/aromatic N) is 1. The maximum atomic E-state index is 12.3. The number of benzene rings is 4. The number of non-ortho nitro benzene ring substituents is 1. The van der Waals surface area contributed by atoms with Crippen molar-refractivity contribution in [3.8, 4) is 11.5 Å². The molecule has 0 saturated carbocycles. The second kappa shape index (κ2) is 10.3. The quantitative estimate of drug-likeness (QED) is 0.0795. The first kappa shape index (κ1) is 22.5. The van der Waals surface area contributed by atoms with Gasteiger partial charge in [0.15, 0.2) is 11.5 Å². The molecule has 0 heterocycles. The number of nitro benzene ring substituents is 1. The fourth-order valence-electron chi connectivity index (χ4n) is 3.50. The minimum absolute atomic E-state index is 0.0515. The number of ether oxygens (including phenoxy) is 2. The average Bonchev–Trinajstić information content (AvgIpc) is 2.87. The van der Waals surface area contributed by atoms with Gasteiger partial charge in [-0.3, -0.25) is 10.1 Å². The fourth-order valence-corrected chi connectivity index (χ4v) is 3.50. The van der Waals surface area contributed by atoms with Crippen molar-refractivity contribution in [2.45, 2.75) is 0 Å². The second-order valence-electron chi connectivity index (χ2n) is 7.42. The number of carbonyl (C=O) groups is 1. The molecule has 0 aliphatic heterocycles. The van der Waals surface area contributed by atoms with Crippen molar-refractivity contribution in [1.82, 2.24) is 0 Å². The van der Waals surface area contributed by atoms with E-state index in [4.69, 9.17) is 9.47 Å². The Balaban J connectivity index is 1.49. The van der Waals surface area contributed by atoms with Crippen LogP contribution in [0.25, 0.3) is 29.0 Å². The smallest absolute Gasteiger partial charge is 0.336 e. The van der Waals surface area contributed by atoms with Crippen molar-refractivity contribution in [2.75, 3.05) is 7.11 Å². The largest absolute Gasteiger partial charge is 0.493 e. The minimum atomic E-state index is -0.621. The van der Waals surface area contributed by atoms with Gasteiger partial charge in [-0.05, 0) is 45.7 Å². The zero-order valence-corrected chi connectivity index (χ0v) is 18.4. The molecule has 0 fully saturated rings. The molecular weight excluding hydrogens is 430 g/mol. The van der Waals surface area contributed by atoms with Crippen molar-refractivity contribution in [1.29, 1.82) is 0 Å². The van der Waals surface area contributed by atoms with E-state index in [1.165, 1.54) is 36.8 Å². The maximum absolute atomic E-state index is 12.3. The van der Waals surface area contributed by atoms with E-state index in [1.807, 2.05) is 36.4 Å². The lowest BCUT2D eigenvalue weighted by Gasteiger charge is -2.09. The number of fused-ring (bicyclic) bond motifs is 1. The Hall–Kier alpha value is -4.71. The highest BCUT2D eigenvalue weighted by atomic mass is 16.6. The Morgan fingerprint density at radius 3 is 2.41 bits per heavy atom. The van der Waals surface area contributed by atoms with Crippen molar-refractivity contribution in [3.05, 3.63) is 118 Å². The molecule has 6 heteroatoms. The van der Waals surface area contributed by atoms with Crippen LogP contribution in [0.4, 0.5) is 5.69 Å². The van der Waals surface area contributed by atoms with E-state index in [0.717, 1.165) is 16.5 Å². The van der Waals surface area contributed by atoms with Crippen LogP contribution >= 0.6 is 0 Å². The van der Waals surface area contributed by atoms with Crippen LogP contribution in [0.2, 0.25) is 0 Å². The van der Waals surface area contributed by atoms with Crippen molar-refractivity contribution in [2.24, 2.45) is 0 Å². The number of rotatable bonds is 7. The first-order valence-corrected chi connectivity index (χ1v) is 10.5. The first-order valence-electron chi connectivity index (χ1n) is 10.5. The third-order valence-electron chi connectivity index (χ3n) is 5.17. The van der Waals surface area contributed by atoms with Gasteiger partial charge in [-0.1, -0.05) is 72.8 Å². The van der Waals surface area contributed by atoms with E-state index in [9.17, 15) is 14.9 Å². The van der Waals surface area contributed by atoms with Crippen LogP contribution in [0.15, 0.2) is 91.0 Å². The summed E-state index contributed by atoms with van der Waals surface area (Å²) in [6, 6.07) is 25.6. The van der Waals surface area contributed by atoms with Gasteiger partial charge in [-0.2, -0.15) is 0 Å². The summed E-state index contributed by atoms with van der Waals surface area (Å²) in [4.78, 5) is 22.7. The number of hydrogen-bond donors (Lipinski definition) is 0. The number of nitro groups is 1. The van der Waals surface area contributed by atoms with E-state index in [2.05, 4.69) is 24.3 Å². The lowest BCUT2D eigenvalue weighted by Crippen LogP contribution is -2.05. The molecule has 0 bridgehead atoms. The molecule has 0 aliphatic carbocycles. The third kappa shape index (κ3) is 5.37. The standard InChI is InChI=1S/C28H21NO5/c1-33-27-19-21(12-15-23-9-5-8-22-7-2-3-11-25(22)23)13-16-26(27)34-28(30)17-14-20-6-4-10-24(18-20)29(31)32/h2-19H,1H3/b15-12+,17-14+. The molecule has 0 amide bonds. The number of carbonyl (C=O) groups excluding carboxylic acids is 1. The van der Waals surface area contributed by atoms with E-state index >= 15 is 0 Å². The van der Waals surface area contributed by atoms with Gasteiger partial charge in [0.2, 0.25) is 0 Å². The summed E-state index contributed by atoms with van der Waals surface area (Å²) in [6.45, 7) is 0. The Morgan fingerprint density at radius 1 is 0.824 bits per heavy atom. The van der Waals surface area contributed by atoms with Gasteiger partial charge in [0, 0.05) is 18.2 Å². The Morgan fingerprint density at radius 2 is 1.59 bits per heavy atom. The predicted octanol–water partition coefficient (Wildman–Crippen LogP) is 6.55. The van der Waals surface area contributed by atoms with Crippen LogP contribution in [0.3, 0.4) is 0 Å². The Bertz CT molecular complexity index is 1420. The normalized spacial score (nSPS) is 11.2. The molecule has 0 radical (unpaired) electrons. The zero-order valence-electron chi connectivity index (χ0n) is 18.4. The van der Waals surface area contributed by atoms with E-state index < -0.39 is 10.9 Å². The Labute approximate surface area is 196 Å². The van der Waals surface area contributed by atoms with Crippen LogP contribution in [-0.2, 0) is 4.79 Å². The third-order valence-corrected chi connectivity index (χ3v) is 5.17. The molecule has 0 aromatic heterocycles. The molecule has 0 unspecified atom stereocenters. The van der Waals surface area contributed by atoms with E-state index in [1.54, 1.807) is 24.3 Å². The van der Waals surface area contributed by atoms with Gasteiger partial charge < -0.3 is 9.47 Å². The van der Waals surface area contributed by atoms with Gasteiger partial charge in [-0.15, -0.1) is 0 Å². The van der Waals surface area contributed by atoms with Crippen LogP contribution in [0.1, 0.15) is 16.7 Å². The average molecular weight is 451 g/mol. The lowest BCUT2D eigenvalue weighted by molar-refractivity contribution is -0.384. The predicted molar refractivity (Wildman–Crippen MR) is 134 cm³/mol. The van der Waals surface area contributed by atoms with Crippen LogP contribution in [0.5, 0.6) is 11.5 Å². The molecule has 0 spiro atoms. The molecule has 0 N–H and O–H groups in total. The molecule has 6 nitrogen and oxygen atoms in total. The minimum Gasteiger partial charge on any atom is -0.493 e. The number of methoxy groups -OCH3 is 1.